The van der Waals surface area contributed by atoms with Gasteiger partial charge in [-0.25, -0.2) is 4.98 Å². The van der Waals surface area contributed by atoms with Crippen molar-refractivity contribution in [3.05, 3.63) is 53.9 Å². The maximum atomic E-state index is 12.0. The number of nitrogens with one attached hydrogen (secondary N) is 2. The van der Waals surface area contributed by atoms with Crippen molar-refractivity contribution in [3.63, 3.8) is 0 Å². The van der Waals surface area contributed by atoms with E-state index in [1.807, 2.05) is 26.2 Å². The molecule has 0 aliphatic heterocycles. The standard InChI is InChI=1S/C19H24N4O2/c1-14(24)15-5-7-16(8-6-15)22-17-9-10-18(21-13-17)19(25)20-11-4-12-23(2)3/h5-10,13,22H,4,11-12H2,1-3H3,(H,20,25). The predicted octanol–water partition coefficient (Wildman–Crippen LogP) is 2.71. The van der Waals surface area contributed by atoms with Crippen LogP contribution in [0, 0.1) is 0 Å². The number of aromatic nitrogens is 1. The van der Waals surface area contributed by atoms with Crippen LogP contribution in [0.4, 0.5) is 11.4 Å². The fourth-order valence-corrected chi connectivity index (χ4v) is 2.24. The fraction of sp³-hybridized carbons (Fsp3) is 0.316. The van der Waals surface area contributed by atoms with E-state index in [0.29, 0.717) is 17.8 Å². The van der Waals surface area contributed by atoms with E-state index in [4.69, 9.17) is 0 Å². The van der Waals surface area contributed by atoms with Crippen LogP contribution in [-0.2, 0) is 0 Å². The highest BCUT2D eigenvalue weighted by Gasteiger charge is 2.07. The monoisotopic (exact) mass is 340 g/mol. The number of hydrogen-bond acceptors (Lipinski definition) is 5. The van der Waals surface area contributed by atoms with Gasteiger partial charge >= 0.3 is 0 Å². The van der Waals surface area contributed by atoms with Crippen LogP contribution < -0.4 is 10.6 Å². The molecule has 0 saturated heterocycles. The number of Topliss-reactive ketones (excluding diaryl/α,β-unsaturated/α-hetero) is 1. The molecule has 2 rings (SSSR count). The van der Waals surface area contributed by atoms with Crippen molar-refractivity contribution in [1.82, 2.24) is 15.2 Å². The van der Waals surface area contributed by atoms with Gasteiger partial charge in [0.1, 0.15) is 5.69 Å². The third-order valence-electron chi connectivity index (χ3n) is 3.64. The van der Waals surface area contributed by atoms with Gasteiger partial charge in [0.2, 0.25) is 0 Å². The lowest BCUT2D eigenvalue weighted by Gasteiger charge is -2.10. The van der Waals surface area contributed by atoms with Crippen molar-refractivity contribution in [2.75, 3.05) is 32.5 Å². The topological polar surface area (TPSA) is 74.3 Å². The maximum absolute atomic E-state index is 12.0. The Hall–Kier alpha value is -2.73. The third kappa shape index (κ3) is 6.00. The molecule has 0 aliphatic rings. The molecule has 0 radical (unpaired) electrons. The van der Waals surface area contributed by atoms with E-state index in [0.717, 1.165) is 24.3 Å². The minimum Gasteiger partial charge on any atom is -0.354 e. The van der Waals surface area contributed by atoms with Crippen LogP contribution in [0.2, 0.25) is 0 Å². The number of nitrogens with zero attached hydrogens (tertiary/aromatic N) is 2. The van der Waals surface area contributed by atoms with Crippen LogP contribution in [0.15, 0.2) is 42.6 Å². The molecular weight excluding hydrogens is 316 g/mol. The number of benzene rings is 1. The van der Waals surface area contributed by atoms with E-state index in [9.17, 15) is 9.59 Å². The van der Waals surface area contributed by atoms with Crippen molar-refractivity contribution in [1.29, 1.82) is 0 Å². The van der Waals surface area contributed by atoms with Gasteiger partial charge in [-0.2, -0.15) is 0 Å². The molecule has 6 nitrogen and oxygen atoms in total. The fourth-order valence-electron chi connectivity index (χ4n) is 2.24. The summed E-state index contributed by atoms with van der Waals surface area (Å²) in [6.07, 6.45) is 2.52. The van der Waals surface area contributed by atoms with Gasteiger partial charge in [0.25, 0.3) is 5.91 Å². The number of rotatable bonds is 8. The summed E-state index contributed by atoms with van der Waals surface area (Å²) in [7, 11) is 4.01. The van der Waals surface area contributed by atoms with E-state index < -0.39 is 0 Å². The Balaban J connectivity index is 1.88. The highest BCUT2D eigenvalue weighted by atomic mass is 16.1. The quantitative estimate of drug-likeness (QED) is 0.571. The summed E-state index contributed by atoms with van der Waals surface area (Å²) < 4.78 is 0. The SMILES string of the molecule is CC(=O)c1ccc(Nc2ccc(C(=O)NCCCN(C)C)nc2)cc1. The summed E-state index contributed by atoms with van der Waals surface area (Å²) in [5.41, 5.74) is 2.69. The van der Waals surface area contributed by atoms with Crippen LogP contribution in [-0.4, -0.2) is 48.8 Å². The van der Waals surface area contributed by atoms with E-state index in [1.165, 1.54) is 6.92 Å². The Labute approximate surface area is 148 Å². The minimum atomic E-state index is -0.170. The van der Waals surface area contributed by atoms with Gasteiger partial charge in [-0.15, -0.1) is 0 Å². The lowest BCUT2D eigenvalue weighted by Crippen LogP contribution is -2.27. The van der Waals surface area contributed by atoms with Crippen molar-refractivity contribution in [2.45, 2.75) is 13.3 Å². The number of anilines is 2. The Kier molecular flexibility index (Phi) is 6.65. The van der Waals surface area contributed by atoms with Gasteiger partial charge in [-0.3, -0.25) is 9.59 Å². The molecule has 1 heterocycles. The zero-order valence-electron chi connectivity index (χ0n) is 14.9. The molecular formula is C19H24N4O2. The van der Waals surface area contributed by atoms with Crippen LogP contribution in [0.25, 0.3) is 0 Å². The Morgan fingerprint density at radius 3 is 2.28 bits per heavy atom. The first-order valence-electron chi connectivity index (χ1n) is 8.22. The highest BCUT2D eigenvalue weighted by Crippen LogP contribution is 2.16. The van der Waals surface area contributed by atoms with Gasteiger partial charge in [0.15, 0.2) is 5.78 Å². The molecule has 0 bridgehead atoms. The van der Waals surface area contributed by atoms with Crippen molar-refractivity contribution >= 4 is 23.1 Å². The van der Waals surface area contributed by atoms with E-state index in [1.54, 1.807) is 30.5 Å². The van der Waals surface area contributed by atoms with Crippen molar-refractivity contribution < 1.29 is 9.59 Å². The zero-order valence-corrected chi connectivity index (χ0v) is 14.9. The number of hydrogen-bond donors (Lipinski definition) is 2. The van der Waals surface area contributed by atoms with Crippen LogP contribution in [0.5, 0.6) is 0 Å². The van der Waals surface area contributed by atoms with Gasteiger partial charge in [0, 0.05) is 17.8 Å². The normalized spacial score (nSPS) is 10.6. The average molecular weight is 340 g/mol. The average Bonchev–Trinajstić information content (AvgIpc) is 2.59. The Bertz CT molecular complexity index is 709. The number of carbonyl (C=O) groups excluding carboxylic acids is 2. The molecule has 1 aromatic carbocycles. The number of ketones is 1. The van der Waals surface area contributed by atoms with Crippen molar-refractivity contribution in [2.24, 2.45) is 0 Å². The molecule has 2 aromatic rings. The van der Waals surface area contributed by atoms with Crippen LogP contribution in [0.1, 0.15) is 34.2 Å². The minimum absolute atomic E-state index is 0.0363. The van der Waals surface area contributed by atoms with E-state index in [-0.39, 0.29) is 11.7 Å². The Morgan fingerprint density at radius 1 is 1.04 bits per heavy atom. The van der Waals surface area contributed by atoms with E-state index >= 15 is 0 Å². The van der Waals surface area contributed by atoms with Gasteiger partial charge in [0.05, 0.1) is 11.9 Å². The first-order valence-corrected chi connectivity index (χ1v) is 8.22. The molecule has 0 spiro atoms. The molecule has 0 unspecified atom stereocenters. The Morgan fingerprint density at radius 2 is 1.72 bits per heavy atom. The van der Waals surface area contributed by atoms with Crippen molar-refractivity contribution in [3.8, 4) is 0 Å². The smallest absolute Gasteiger partial charge is 0.269 e. The lowest BCUT2D eigenvalue weighted by atomic mass is 10.1. The summed E-state index contributed by atoms with van der Waals surface area (Å²) >= 11 is 0. The molecule has 1 amide bonds. The van der Waals surface area contributed by atoms with Gasteiger partial charge in [-0.1, -0.05) is 0 Å². The second-order valence-electron chi connectivity index (χ2n) is 6.10. The molecule has 1 aromatic heterocycles. The largest absolute Gasteiger partial charge is 0.354 e. The molecule has 0 saturated carbocycles. The second-order valence-corrected chi connectivity index (χ2v) is 6.10. The summed E-state index contributed by atoms with van der Waals surface area (Å²) in [6, 6.07) is 10.7. The summed E-state index contributed by atoms with van der Waals surface area (Å²) in [6.45, 7) is 3.09. The first kappa shape index (κ1) is 18.6. The molecule has 132 valence electrons. The molecule has 0 atom stereocenters. The molecule has 0 aliphatic carbocycles. The number of pyridine rings is 1. The van der Waals surface area contributed by atoms with Gasteiger partial charge < -0.3 is 15.5 Å². The lowest BCUT2D eigenvalue weighted by molar-refractivity contribution is 0.0946. The van der Waals surface area contributed by atoms with Gasteiger partial charge in [-0.05, 0) is 70.4 Å². The van der Waals surface area contributed by atoms with E-state index in [2.05, 4.69) is 20.5 Å². The summed E-state index contributed by atoms with van der Waals surface area (Å²) in [5, 5.41) is 6.05. The molecule has 2 N–H and O–H groups in total. The number of carbonyl (C=O) groups is 2. The summed E-state index contributed by atoms with van der Waals surface area (Å²) in [5.74, 6) is -0.134. The summed E-state index contributed by atoms with van der Waals surface area (Å²) in [4.78, 5) is 29.6. The number of amides is 1. The zero-order chi connectivity index (χ0) is 18.2. The molecule has 6 heteroatoms. The second kappa shape index (κ2) is 8.94. The highest BCUT2D eigenvalue weighted by molar-refractivity contribution is 5.94. The first-order chi connectivity index (χ1) is 12.0. The maximum Gasteiger partial charge on any atom is 0.269 e. The molecule has 25 heavy (non-hydrogen) atoms. The predicted molar refractivity (Wildman–Crippen MR) is 99.5 cm³/mol. The molecule has 0 fully saturated rings. The van der Waals surface area contributed by atoms with Crippen LogP contribution in [0.3, 0.4) is 0 Å². The van der Waals surface area contributed by atoms with Crippen LogP contribution >= 0.6 is 0 Å². The third-order valence-corrected chi connectivity index (χ3v) is 3.64.